The van der Waals surface area contributed by atoms with Crippen molar-refractivity contribution in [1.82, 2.24) is 0 Å². The molecule has 0 unspecified atom stereocenters. The lowest BCUT2D eigenvalue weighted by atomic mass is 9.96. The molecular weight excluding hydrogens is 176 g/mol. The smallest absolute Gasteiger partial charge is 0.174 e. The molecule has 0 saturated heterocycles. The summed E-state index contributed by atoms with van der Waals surface area (Å²) in [6.45, 7) is 2.38. The maximum atomic E-state index is 11.3. The molecule has 1 aromatic carbocycles. The van der Waals surface area contributed by atoms with Crippen molar-refractivity contribution in [2.45, 2.75) is 26.2 Å². The molecule has 1 aliphatic rings. The molecule has 0 saturated carbocycles. The molecule has 74 valence electrons. The summed E-state index contributed by atoms with van der Waals surface area (Å²) in [5.74, 6) is 1.08. The number of Topliss-reactive ketones (excluding diaryl/α,β-unsaturated/α-hetero) is 1. The molecule has 0 bridgehead atoms. The Hall–Kier alpha value is -1.31. The number of ether oxygens (including phenoxy) is 1. The fourth-order valence-corrected chi connectivity index (χ4v) is 1.86. The van der Waals surface area contributed by atoms with Crippen LogP contribution in [0.15, 0.2) is 18.2 Å². The van der Waals surface area contributed by atoms with Gasteiger partial charge in [0.05, 0.1) is 0 Å². The number of fused-ring (bicyclic) bond motifs is 1. The normalized spacial score (nSPS) is 14.8. The van der Waals surface area contributed by atoms with Crippen LogP contribution in [0.5, 0.6) is 5.75 Å². The molecule has 2 rings (SSSR count). The molecular formula is C12H14O2. The molecule has 0 spiro atoms. The molecule has 2 heteroatoms. The zero-order chi connectivity index (χ0) is 9.97. The van der Waals surface area contributed by atoms with Crippen LogP contribution in [0.3, 0.4) is 0 Å². The molecule has 1 aromatic rings. The molecule has 0 amide bonds. The van der Waals surface area contributed by atoms with Crippen molar-refractivity contribution < 1.29 is 9.53 Å². The number of aryl methyl sites for hydroxylation is 1. The van der Waals surface area contributed by atoms with Crippen LogP contribution in [-0.2, 0) is 17.6 Å². The van der Waals surface area contributed by atoms with Gasteiger partial charge in [-0.2, -0.15) is 0 Å². The quantitative estimate of drug-likeness (QED) is 0.714. The van der Waals surface area contributed by atoms with Gasteiger partial charge >= 0.3 is 0 Å². The average Bonchev–Trinajstić information content (AvgIpc) is 2.19. The predicted octanol–water partition coefficient (Wildman–Crippen LogP) is 2.14. The van der Waals surface area contributed by atoms with Gasteiger partial charge in [-0.3, -0.25) is 4.79 Å². The van der Waals surface area contributed by atoms with E-state index in [0.717, 1.165) is 24.2 Å². The molecule has 0 atom stereocenters. The Labute approximate surface area is 83.9 Å². The monoisotopic (exact) mass is 190 g/mol. The van der Waals surface area contributed by atoms with E-state index in [0.29, 0.717) is 6.42 Å². The van der Waals surface area contributed by atoms with Crippen molar-refractivity contribution in [3.8, 4) is 5.75 Å². The summed E-state index contributed by atoms with van der Waals surface area (Å²) < 4.78 is 5.37. The van der Waals surface area contributed by atoms with E-state index in [2.05, 4.69) is 13.0 Å². The van der Waals surface area contributed by atoms with Crippen LogP contribution in [0, 0.1) is 0 Å². The third-order valence-electron chi connectivity index (χ3n) is 2.51. The Morgan fingerprint density at radius 1 is 1.43 bits per heavy atom. The first-order chi connectivity index (χ1) is 6.81. The van der Waals surface area contributed by atoms with Gasteiger partial charge in [0.1, 0.15) is 12.4 Å². The molecule has 0 aromatic heterocycles. The van der Waals surface area contributed by atoms with E-state index in [1.54, 1.807) is 0 Å². The Balaban J connectivity index is 2.38. The summed E-state index contributed by atoms with van der Waals surface area (Å²) in [5, 5.41) is 0. The third kappa shape index (κ3) is 1.65. The summed E-state index contributed by atoms with van der Waals surface area (Å²) in [6, 6.07) is 6.03. The van der Waals surface area contributed by atoms with Gasteiger partial charge in [-0.1, -0.05) is 25.5 Å². The Morgan fingerprint density at radius 3 is 3.07 bits per heavy atom. The fourth-order valence-electron chi connectivity index (χ4n) is 1.86. The minimum atomic E-state index is 0.182. The second-order valence-corrected chi connectivity index (χ2v) is 3.65. The van der Waals surface area contributed by atoms with Crippen molar-refractivity contribution >= 4 is 5.78 Å². The SMILES string of the molecule is CCCc1cccc2c1CC(=O)CO2. The molecule has 0 aliphatic carbocycles. The minimum absolute atomic E-state index is 0.182. The summed E-state index contributed by atoms with van der Waals surface area (Å²) in [6.07, 6.45) is 2.68. The summed E-state index contributed by atoms with van der Waals surface area (Å²) in [4.78, 5) is 11.3. The van der Waals surface area contributed by atoms with Crippen LogP contribution in [0.1, 0.15) is 24.5 Å². The van der Waals surface area contributed by atoms with Crippen molar-refractivity contribution in [3.05, 3.63) is 29.3 Å². The summed E-state index contributed by atoms with van der Waals surface area (Å²) in [5.41, 5.74) is 2.36. The summed E-state index contributed by atoms with van der Waals surface area (Å²) >= 11 is 0. The van der Waals surface area contributed by atoms with Crippen molar-refractivity contribution in [3.63, 3.8) is 0 Å². The predicted molar refractivity (Wildman–Crippen MR) is 54.6 cm³/mol. The molecule has 1 heterocycles. The lowest BCUT2D eigenvalue weighted by Crippen LogP contribution is -2.21. The molecule has 0 N–H and O–H groups in total. The highest BCUT2D eigenvalue weighted by atomic mass is 16.5. The molecule has 1 aliphatic heterocycles. The van der Waals surface area contributed by atoms with E-state index in [1.807, 2.05) is 12.1 Å². The van der Waals surface area contributed by atoms with Gasteiger partial charge in [-0.05, 0) is 18.1 Å². The standard InChI is InChI=1S/C12H14O2/c1-2-4-9-5-3-6-12-11(9)7-10(13)8-14-12/h3,5-6H,2,4,7-8H2,1H3. The Kier molecular flexibility index (Phi) is 2.53. The topological polar surface area (TPSA) is 26.3 Å². The number of carbonyl (C=O) groups excluding carboxylic acids is 1. The van der Waals surface area contributed by atoms with Crippen LogP contribution in [-0.4, -0.2) is 12.4 Å². The second kappa shape index (κ2) is 3.82. The van der Waals surface area contributed by atoms with Crippen LogP contribution in [0.25, 0.3) is 0 Å². The number of ketones is 1. The van der Waals surface area contributed by atoms with E-state index in [-0.39, 0.29) is 12.4 Å². The van der Waals surface area contributed by atoms with Gasteiger partial charge in [0.15, 0.2) is 5.78 Å². The van der Waals surface area contributed by atoms with E-state index >= 15 is 0 Å². The lowest BCUT2D eigenvalue weighted by Gasteiger charge is -2.19. The lowest BCUT2D eigenvalue weighted by molar-refractivity contribution is -0.121. The van der Waals surface area contributed by atoms with E-state index in [9.17, 15) is 4.79 Å². The zero-order valence-electron chi connectivity index (χ0n) is 8.38. The van der Waals surface area contributed by atoms with Crippen LogP contribution >= 0.6 is 0 Å². The average molecular weight is 190 g/mol. The number of hydrogen-bond donors (Lipinski definition) is 0. The minimum Gasteiger partial charge on any atom is -0.486 e. The zero-order valence-corrected chi connectivity index (χ0v) is 8.38. The summed E-state index contributed by atoms with van der Waals surface area (Å²) in [7, 11) is 0. The second-order valence-electron chi connectivity index (χ2n) is 3.65. The van der Waals surface area contributed by atoms with Gasteiger partial charge in [0.25, 0.3) is 0 Å². The fraction of sp³-hybridized carbons (Fsp3) is 0.417. The van der Waals surface area contributed by atoms with Crippen molar-refractivity contribution in [2.75, 3.05) is 6.61 Å². The highest BCUT2D eigenvalue weighted by molar-refractivity contribution is 5.85. The molecule has 0 radical (unpaired) electrons. The maximum absolute atomic E-state index is 11.3. The van der Waals surface area contributed by atoms with Crippen molar-refractivity contribution in [2.24, 2.45) is 0 Å². The van der Waals surface area contributed by atoms with Crippen LogP contribution in [0.2, 0.25) is 0 Å². The molecule has 2 nitrogen and oxygen atoms in total. The van der Waals surface area contributed by atoms with E-state index in [4.69, 9.17) is 4.74 Å². The van der Waals surface area contributed by atoms with Gasteiger partial charge < -0.3 is 4.74 Å². The third-order valence-corrected chi connectivity index (χ3v) is 2.51. The first-order valence-electron chi connectivity index (χ1n) is 5.06. The number of carbonyl (C=O) groups is 1. The van der Waals surface area contributed by atoms with E-state index < -0.39 is 0 Å². The van der Waals surface area contributed by atoms with Crippen LogP contribution in [0.4, 0.5) is 0 Å². The maximum Gasteiger partial charge on any atom is 0.174 e. The van der Waals surface area contributed by atoms with Crippen LogP contribution < -0.4 is 4.74 Å². The van der Waals surface area contributed by atoms with Gasteiger partial charge in [-0.25, -0.2) is 0 Å². The van der Waals surface area contributed by atoms with Crippen molar-refractivity contribution in [1.29, 1.82) is 0 Å². The Bertz CT molecular complexity index is 355. The van der Waals surface area contributed by atoms with E-state index in [1.165, 1.54) is 5.56 Å². The first-order valence-corrected chi connectivity index (χ1v) is 5.06. The Morgan fingerprint density at radius 2 is 2.29 bits per heavy atom. The largest absolute Gasteiger partial charge is 0.486 e. The van der Waals surface area contributed by atoms with Gasteiger partial charge in [-0.15, -0.1) is 0 Å². The first kappa shape index (κ1) is 9.25. The number of rotatable bonds is 2. The van der Waals surface area contributed by atoms with Gasteiger partial charge in [0, 0.05) is 12.0 Å². The molecule has 14 heavy (non-hydrogen) atoms. The molecule has 0 fully saturated rings. The highest BCUT2D eigenvalue weighted by Crippen LogP contribution is 2.27. The van der Waals surface area contributed by atoms with Gasteiger partial charge in [0.2, 0.25) is 0 Å². The highest BCUT2D eigenvalue weighted by Gasteiger charge is 2.18. The number of hydrogen-bond acceptors (Lipinski definition) is 2. The number of benzene rings is 1.